The van der Waals surface area contributed by atoms with Crippen molar-refractivity contribution in [3.8, 4) is 0 Å². The zero-order valence-corrected chi connectivity index (χ0v) is 12.1. The number of piperazine rings is 1. The van der Waals surface area contributed by atoms with Crippen LogP contribution < -0.4 is 4.90 Å². The number of halogens is 2. The quantitative estimate of drug-likeness (QED) is 0.901. The Morgan fingerprint density at radius 1 is 1.09 bits per heavy atom. The highest BCUT2D eigenvalue weighted by Crippen LogP contribution is 2.21. The van der Waals surface area contributed by atoms with Crippen LogP contribution in [0.15, 0.2) is 18.2 Å². The molecule has 1 amide bonds. The van der Waals surface area contributed by atoms with Gasteiger partial charge in [0.15, 0.2) is 0 Å². The van der Waals surface area contributed by atoms with Gasteiger partial charge < -0.3 is 14.9 Å². The molecule has 1 aromatic carbocycles. The Bertz CT molecular complexity index is 558. The van der Waals surface area contributed by atoms with Crippen LogP contribution in [-0.2, 0) is 9.59 Å². The third-order valence-corrected chi connectivity index (χ3v) is 3.66. The van der Waals surface area contributed by atoms with Crippen molar-refractivity contribution in [1.82, 2.24) is 4.90 Å². The van der Waals surface area contributed by atoms with Crippen LogP contribution in [0.5, 0.6) is 0 Å². The molecule has 7 heteroatoms. The minimum atomic E-state index is -0.913. The molecule has 1 aliphatic rings. The number of hydrogen-bond acceptors (Lipinski definition) is 3. The predicted octanol–water partition coefficient (Wildman–Crippen LogP) is 1.87. The van der Waals surface area contributed by atoms with Gasteiger partial charge in [-0.05, 0) is 18.6 Å². The maximum atomic E-state index is 13.7. The van der Waals surface area contributed by atoms with Gasteiger partial charge in [-0.3, -0.25) is 9.59 Å². The van der Waals surface area contributed by atoms with Gasteiger partial charge in [0.2, 0.25) is 5.91 Å². The Labute approximate surface area is 127 Å². The molecule has 0 bridgehead atoms. The summed E-state index contributed by atoms with van der Waals surface area (Å²) in [5.41, 5.74) is 0.333. The van der Waals surface area contributed by atoms with Crippen molar-refractivity contribution in [3.05, 3.63) is 29.8 Å². The molecule has 1 aliphatic heterocycles. The second-order valence-electron chi connectivity index (χ2n) is 5.21. The third-order valence-electron chi connectivity index (χ3n) is 3.66. The molecule has 0 spiro atoms. The van der Waals surface area contributed by atoms with E-state index in [1.54, 1.807) is 9.80 Å². The van der Waals surface area contributed by atoms with E-state index in [1.165, 1.54) is 12.1 Å². The number of carboxylic acids is 1. The van der Waals surface area contributed by atoms with E-state index in [2.05, 4.69) is 0 Å². The molecule has 0 atom stereocenters. The highest BCUT2D eigenvalue weighted by atomic mass is 19.1. The minimum Gasteiger partial charge on any atom is -0.481 e. The van der Waals surface area contributed by atoms with Gasteiger partial charge in [-0.15, -0.1) is 0 Å². The molecular formula is C15H18F2N2O3. The van der Waals surface area contributed by atoms with Crippen molar-refractivity contribution in [2.24, 2.45) is 0 Å². The molecule has 5 nitrogen and oxygen atoms in total. The second kappa shape index (κ2) is 7.20. The monoisotopic (exact) mass is 312 g/mol. The molecule has 1 saturated heterocycles. The maximum absolute atomic E-state index is 13.7. The number of benzene rings is 1. The Balaban J connectivity index is 1.84. The van der Waals surface area contributed by atoms with Crippen LogP contribution in [0.25, 0.3) is 0 Å². The Morgan fingerprint density at radius 3 is 2.36 bits per heavy atom. The number of aliphatic carboxylic acids is 1. The summed E-state index contributed by atoms with van der Waals surface area (Å²) in [7, 11) is 0. The number of hydrogen-bond donors (Lipinski definition) is 1. The predicted molar refractivity (Wildman–Crippen MR) is 76.6 cm³/mol. The summed E-state index contributed by atoms with van der Waals surface area (Å²) in [6.45, 7) is 1.83. The average Bonchev–Trinajstić information content (AvgIpc) is 2.47. The van der Waals surface area contributed by atoms with Crippen LogP contribution in [0.4, 0.5) is 14.5 Å². The lowest BCUT2D eigenvalue weighted by atomic mass is 10.2. The summed E-state index contributed by atoms with van der Waals surface area (Å²) in [5.74, 6) is -2.22. The van der Waals surface area contributed by atoms with E-state index in [0.29, 0.717) is 38.3 Å². The number of carboxylic acid groups (broad SMARTS) is 1. The van der Waals surface area contributed by atoms with E-state index in [0.717, 1.165) is 6.07 Å². The van der Waals surface area contributed by atoms with E-state index < -0.39 is 17.6 Å². The molecule has 0 aliphatic carbocycles. The Kier molecular flexibility index (Phi) is 5.30. The third kappa shape index (κ3) is 4.16. The summed E-state index contributed by atoms with van der Waals surface area (Å²) >= 11 is 0. The molecule has 0 unspecified atom stereocenters. The maximum Gasteiger partial charge on any atom is 0.303 e. The molecule has 1 fully saturated rings. The van der Waals surface area contributed by atoms with Gasteiger partial charge in [0.25, 0.3) is 0 Å². The van der Waals surface area contributed by atoms with Crippen LogP contribution in [0, 0.1) is 11.6 Å². The normalized spacial score (nSPS) is 15.0. The Hall–Kier alpha value is -2.18. The topological polar surface area (TPSA) is 60.9 Å². The van der Waals surface area contributed by atoms with Crippen molar-refractivity contribution in [2.45, 2.75) is 19.3 Å². The van der Waals surface area contributed by atoms with Crippen molar-refractivity contribution in [1.29, 1.82) is 0 Å². The molecule has 22 heavy (non-hydrogen) atoms. The lowest BCUT2D eigenvalue weighted by Crippen LogP contribution is -2.49. The van der Waals surface area contributed by atoms with Gasteiger partial charge >= 0.3 is 5.97 Å². The Morgan fingerprint density at radius 2 is 1.77 bits per heavy atom. The van der Waals surface area contributed by atoms with Crippen LogP contribution >= 0.6 is 0 Å². The first-order valence-corrected chi connectivity index (χ1v) is 7.17. The van der Waals surface area contributed by atoms with Crippen molar-refractivity contribution < 1.29 is 23.5 Å². The second-order valence-corrected chi connectivity index (χ2v) is 5.21. The summed E-state index contributed by atoms with van der Waals surface area (Å²) in [6.07, 6.45) is 0.505. The number of amides is 1. The highest BCUT2D eigenvalue weighted by Gasteiger charge is 2.22. The standard InChI is InChI=1S/C15H18F2N2O3/c16-11-4-5-13(12(17)10-11)18-6-8-19(9-7-18)14(20)2-1-3-15(21)22/h4-5,10H,1-3,6-9H2,(H,21,22). The molecule has 2 rings (SSSR count). The molecule has 1 heterocycles. The highest BCUT2D eigenvalue weighted by molar-refractivity contribution is 5.77. The van der Waals surface area contributed by atoms with Gasteiger partial charge in [0, 0.05) is 45.1 Å². The first-order valence-electron chi connectivity index (χ1n) is 7.17. The number of nitrogens with zero attached hydrogens (tertiary/aromatic N) is 2. The fraction of sp³-hybridized carbons (Fsp3) is 0.467. The van der Waals surface area contributed by atoms with E-state index in [1.807, 2.05) is 0 Å². The fourth-order valence-electron chi connectivity index (χ4n) is 2.48. The number of carbonyl (C=O) groups excluding carboxylic acids is 1. The fourth-order valence-corrected chi connectivity index (χ4v) is 2.48. The van der Waals surface area contributed by atoms with E-state index in [4.69, 9.17) is 5.11 Å². The number of rotatable bonds is 5. The number of anilines is 1. The summed E-state index contributed by atoms with van der Waals surface area (Å²) < 4.78 is 26.6. The van der Waals surface area contributed by atoms with E-state index in [-0.39, 0.29) is 18.7 Å². The van der Waals surface area contributed by atoms with Gasteiger partial charge in [-0.25, -0.2) is 8.78 Å². The summed E-state index contributed by atoms with van der Waals surface area (Å²) in [4.78, 5) is 25.8. The van der Waals surface area contributed by atoms with Gasteiger partial charge in [0.05, 0.1) is 5.69 Å². The SMILES string of the molecule is O=C(O)CCCC(=O)N1CCN(c2ccc(F)cc2F)CC1. The zero-order chi connectivity index (χ0) is 16.1. The zero-order valence-electron chi connectivity index (χ0n) is 12.1. The molecular weight excluding hydrogens is 294 g/mol. The van der Waals surface area contributed by atoms with Crippen LogP contribution in [0.1, 0.15) is 19.3 Å². The van der Waals surface area contributed by atoms with Crippen LogP contribution in [-0.4, -0.2) is 48.1 Å². The first kappa shape index (κ1) is 16.2. The van der Waals surface area contributed by atoms with Crippen LogP contribution in [0.3, 0.4) is 0 Å². The minimum absolute atomic E-state index is 0.0213. The molecule has 120 valence electrons. The first-order chi connectivity index (χ1) is 10.5. The van der Waals surface area contributed by atoms with Crippen molar-refractivity contribution >= 4 is 17.6 Å². The van der Waals surface area contributed by atoms with Crippen molar-refractivity contribution in [3.63, 3.8) is 0 Å². The molecule has 0 radical (unpaired) electrons. The lowest BCUT2D eigenvalue weighted by Gasteiger charge is -2.36. The van der Waals surface area contributed by atoms with E-state index in [9.17, 15) is 18.4 Å². The lowest BCUT2D eigenvalue weighted by molar-refractivity contribution is -0.137. The van der Waals surface area contributed by atoms with Gasteiger partial charge in [-0.1, -0.05) is 0 Å². The smallest absolute Gasteiger partial charge is 0.303 e. The van der Waals surface area contributed by atoms with Crippen molar-refractivity contribution in [2.75, 3.05) is 31.1 Å². The van der Waals surface area contributed by atoms with Gasteiger partial charge in [-0.2, -0.15) is 0 Å². The molecule has 0 saturated carbocycles. The summed E-state index contributed by atoms with van der Waals surface area (Å²) in [6, 6.07) is 3.45. The van der Waals surface area contributed by atoms with Gasteiger partial charge in [0.1, 0.15) is 11.6 Å². The molecule has 1 N–H and O–H groups in total. The van der Waals surface area contributed by atoms with Crippen LogP contribution in [0.2, 0.25) is 0 Å². The molecule has 0 aromatic heterocycles. The van der Waals surface area contributed by atoms with E-state index >= 15 is 0 Å². The molecule has 1 aromatic rings. The largest absolute Gasteiger partial charge is 0.481 e. The average molecular weight is 312 g/mol. The summed E-state index contributed by atoms with van der Waals surface area (Å²) in [5, 5.41) is 8.55. The number of carbonyl (C=O) groups is 2.